The maximum Gasteiger partial charge on any atom is 0.338 e. The first-order valence-electron chi connectivity index (χ1n) is 13.3. The molecule has 11 nitrogen and oxygen atoms in total. The minimum Gasteiger partial charge on any atom is -0.467 e. The Bertz CT molecular complexity index is 1610. The molecule has 40 heavy (non-hydrogen) atoms. The van der Waals surface area contributed by atoms with E-state index in [1.165, 1.54) is 22.7 Å². The van der Waals surface area contributed by atoms with Crippen molar-refractivity contribution in [2.24, 2.45) is 0 Å². The summed E-state index contributed by atoms with van der Waals surface area (Å²) in [5.41, 5.74) is 2.64. The highest BCUT2D eigenvalue weighted by Gasteiger charge is 2.36. The van der Waals surface area contributed by atoms with Crippen LogP contribution < -0.4 is 16.2 Å². The van der Waals surface area contributed by atoms with Crippen molar-refractivity contribution in [1.82, 2.24) is 30.0 Å². The standard InChI is InChI=1S/C28H28N6O5S/c1-2-38-26(36)21-18(29-27(37)30-23(21)20-13-9-15-39-20)16-40-28-31-24-22(19-12-7-4-8-14-33(19)28)25(35)34(32-24)17-10-5-3-6-11-17/h3,5-6,9-11,13,15,23H,2,4,7-8,12,14,16H2,1H3,(H2,29,30,37)/t23-/m1/s1. The lowest BCUT2D eigenvalue weighted by Gasteiger charge is -2.28. The zero-order valence-corrected chi connectivity index (χ0v) is 22.7. The molecule has 4 aliphatic heterocycles. The van der Waals surface area contributed by atoms with Gasteiger partial charge in [-0.2, -0.15) is 4.68 Å². The Morgan fingerprint density at radius 1 is 1.15 bits per heavy atom. The maximum atomic E-state index is 13.5. The Morgan fingerprint density at radius 3 is 2.77 bits per heavy atom. The Morgan fingerprint density at radius 2 is 2.00 bits per heavy atom. The first-order chi connectivity index (χ1) is 19.5. The highest BCUT2D eigenvalue weighted by atomic mass is 32.2. The van der Waals surface area contributed by atoms with Crippen molar-refractivity contribution in [3.63, 3.8) is 0 Å². The summed E-state index contributed by atoms with van der Waals surface area (Å²) in [7, 11) is 0. The number of amides is 2. The summed E-state index contributed by atoms with van der Waals surface area (Å²) in [6.07, 6.45) is 5.19. The Hall–Kier alpha value is -4.32. The molecule has 1 aromatic heterocycles. The average Bonchev–Trinajstić information content (AvgIpc) is 3.53. The number of nitrogens with one attached hydrogen (secondary N) is 2. The monoisotopic (exact) mass is 560 g/mol. The number of nitrogens with zero attached hydrogens (tertiary/aromatic N) is 4. The third-order valence-electron chi connectivity index (χ3n) is 6.99. The zero-order chi connectivity index (χ0) is 27.6. The number of benzene rings is 1. The number of aromatic nitrogens is 4. The van der Waals surface area contributed by atoms with Crippen molar-refractivity contribution in [3.8, 4) is 17.1 Å². The number of thioether (sulfide) groups is 1. The highest BCUT2D eigenvalue weighted by molar-refractivity contribution is 7.99. The molecule has 206 valence electrons. The minimum absolute atomic E-state index is 0.185. The van der Waals surface area contributed by atoms with Gasteiger partial charge in [-0.25, -0.2) is 14.6 Å². The van der Waals surface area contributed by atoms with Crippen LogP contribution in [0.3, 0.4) is 0 Å². The lowest BCUT2D eigenvalue weighted by molar-refractivity contribution is -0.139. The predicted octanol–water partition coefficient (Wildman–Crippen LogP) is 3.82. The zero-order valence-electron chi connectivity index (χ0n) is 21.9. The van der Waals surface area contributed by atoms with Gasteiger partial charge in [0.2, 0.25) is 0 Å². The fraction of sp³-hybridized carbons (Fsp3) is 0.321. The second kappa shape index (κ2) is 11.0. The van der Waals surface area contributed by atoms with E-state index in [-0.39, 0.29) is 23.5 Å². The van der Waals surface area contributed by atoms with Crippen LogP contribution in [0.2, 0.25) is 0 Å². The second-order valence-electron chi connectivity index (χ2n) is 9.50. The van der Waals surface area contributed by atoms with E-state index in [4.69, 9.17) is 14.1 Å². The van der Waals surface area contributed by atoms with Crippen molar-refractivity contribution in [2.45, 2.75) is 50.4 Å². The van der Waals surface area contributed by atoms with Gasteiger partial charge in [0.15, 0.2) is 11.0 Å². The molecule has 0 fully saturated rings. The second-order valence-corrected chi connectivity index (χ2v) is 10.4. The summed E-state index contributed by atoms with van der Waals surface area (Å²) < 4.78 is 14.4. The molecule has 0 spiro atoms. The number of esters is 1. The van der Waals surface area contributed by atoms with Crippen molar-refractivity contribution in [3.05, 3.63) is 81.8 Å². The van der Waals surface area contributed by atoms with Crippen molar-refractivity contribution < 1.29 is 18.7 Å². The molecule has 4 aliphatic rings. The van der Waals surface area contributed by atoms with E-state index in [9.17, 15) is 14.4 Å². The Labute approximate surface area is 233 Å². The summed E-state index contributed by atoms with van der Waals surface area (Å²) in [4.78, 5) is 44.0. The fourth-order valence-electron chi connectivity index (χ4n) is 5.20. The van der Waals surface area contributed by atoms with E-state index in [0.717, 1.165) is 31.4 Å². The van der Waals surface area contributed by atoms with Gasteiger partial charge in [-0.3, -0.25) is 4.79 Å². The van der Waals surface area contributed by atoms with Gasteiger partial charge >= 0.3 is 12.0 Å². The van der Waals surface area contributed by atoms with E-state index in [0.29, 0.717) is 40.2 Å². The molecule has 0 saturated carbocycles. The summed E-state index contributed by atoms with van der Waals surface area (Å²) in [6, 6.07) is 11.5. The normalized spacial score (nSPS) is 17.2. The Kier molecular flexibility index (Phi) is 7.16. The van der Waals surface area contributed by atoms with Gasteiger partial charge in [0.1, 0.15) is 17.4 Å². The van der Waals surface area contributed by atoms with Gasteiger partial charge in [0.05, 0.1) is 24.1 Å². The number of hydrogen-bond acceptors (Lipinski definition) is 8. The van der Waals surface area contributed by atoms with E-state index >= 15 is 0 Å². The van der Waals surface area contributed by atoms with Crippen LogP contribution >= 0.6 is 11.8 Å². The third-order valence-corrected chi connectivity index (χ3v) is 7.99. The number of ether oxygens (including phenoxy) is 1. The molecule has 0 bridgehead atoms. The van der Waals surface area contributed by atoms with Crippen LogP contribution in [0.4, 0.5) is 4.79 Å². The number of hydrogen-bond donors (Lipinski definition) is 2. The fourth-order valence-corrected chi connectivity index (χ4v) is 6.20. The molecule has 1 atom stereocenters. The molecule has 6 rings (SSSR count). The molecule has 2 aromatic rings. The molecule has 1 aromatic carbocycles. The lowest BCUT2D eigenvalue weighted by Crippen LogP contribution is -2.46. The van der Waals surface area contributed by atoms with Crippen molar-refractivity contribution in [1.29, 1.82) is 0 Å². The van der Waals surface area contributed by atoms with Gasteiger partial charge in [-0.15, -0.1) is 5.10 Å². The smallest absolute Gasteiger partial charge is 0.338 e. The highest BCUT2D eigenvalue weighted by Crippen LogP contribution is 2.34. The summed E-state index contributed by atoms with van der Waals surface area (Å²) >= 11 is 1.38. The average molecular weight is 561 g/mol. The van der Waals surface area contributed by atoms with Crippen LogP contribution in [-0.2, 0) is 22.5 Å². The molecule has 2 amide bonds. The molecular formula is C28H28N6O5S. The third kappa shape index (κ3) is 4.79. The molecule has 0 unspecified atom stereocenters. The van der Waals surface area contributed by atoms with Crippen LogP contribution in [0, 0.1) is 0 Å². The number of rotatable bonds is 7. The molecule has 2 N–H and O–H groups in total. The van der Waals surface area contributed by atoms with E-state index in [1.54, 1.807) is 19.1 Å². The first kappa shape index (κ1) is 25.9. The first-order valence-corrected chi connectivity index (χ1v) is 14.3. The number of fused-ring (bicyclic) bond motifs is 3. The topological polar surface area (TPSA) is 133 Å². The molecule has 12 heteroatoms. The SMILES string of the molecule is CCOC(=O)C1=C(CSc2nc3nn(-c4ccccc4)c(=O)c-3c3n2CCCCC3)NC(=O)N[C@@H]1c1ccco1. The largest absolute Gasteiger partial charge is 0.467 e. The predicted molar refractivity (Wildman–Crippen MR) is 147 cm³/mol. The summed E-state index contributed by atoms with van der Waals surface area (Å²) in [6.45, 7) is 2.63. The number of para-hydroxylation sites is 1. The van der Waals surface area contributed by atoms with Gasteiger partial charge in [-0.1, -0.05) is 36.4 Å². The molecule has 0 radical (unpaired) electrons. The van der Waals surface area contributed by atoms with Gasteiger partial charge in [0, 0.05) is 23.7 Å². The summed E-state index contributed by atoms with van der Waals surface area (Å²) in [5.74, 6) is 0.504. The van der Waals surface area contributed by atoms with Crippen LogP contribution in [0.25, 0.3) is 17.1 Å². The van der Waals surface area contributed by atoms with Gasteiger partial charge in [0.25, 0.3) is 5.56 Å². The number of carbonyl (C=O) groups excluding carboxylic acids is 2. The van der Waals surface area contributed by atoms with Crippen LogP contribution in [0.5, 0.6) is 0 Å². The quantitative estimate of drug-likeness (QED) is 0.198. The van der Waals surface area contributed by atoms with Crippen LogP contribution in [-0.4, -0.2) is 43.7 Å². The number of carbonyl (C=O) groups is 2. The van der Waals surface area contributed by atoms with Gasteiger partial charge in [-0.05, 0) is 50.5 Å². The van der Waals surface area contributed by atoms with Gasteiger partial charge < -0.3 is 24.4 Å². The molecular weight excluding hydrogens is 532 g/mol. The van der Waals surface area contributed by atoms with E-state index in [2.05, 4.69) is 20.3 Å². The van der Waals surface area contributed by atoms with Crippen molar-refractivity contribution >= 4 is 23.8 Å². The van der Waals surface area contributed by atoms with Crippen LogP contribution in [0.1, 0.15) is 43.7 Å². The van der Waals surface area contributed by atoms with Crippen LogP contribution in [0.15, 0.2) is 74.4 Å². The molecule has 0 aliphatic carbocycles. The number of urea groups is 1. The van der Waals surface area contributed by atoms with E-state index < -0.39 is 18.0 Å². The molecule has 0 saturated heterocycles. The summed E-state index contributed by atoms with van der Waals surface area (Å²) in [5, 5.41) is 10.8. The number of furan rings is 1. The maximum absolute atomic E-state index is 13.5. The lowest BCUT2D eigenvalue weighted by atomic mass is 10.0. The minimum atomic E-state index is -0.789. The Balaban J connectivity index is 1.42. The molecule has 5 heterocycles. The van der Waals surface area contributed by atoms with E-state index in [1.807, 2.05) is 30.3 Å². The van der Waals surface area contributed by atoms with Crippen molar-refractivity contribution in [2.75, 3.05) is 12.4 Å².